The molecule has 0 spiro atoms. The van der Waals surface area contributed by atoms with Crippen LogP contribution < -0.4 is 0 Å². The van der Waals surface area contributed by atoms with E-state index in [1.807, 2.05) is 17.8 Å². The zero-order valence-electron chi connectivity index (χ0n) is 9.91. The SMILES string of the molecule is O=C(c1cc2c(s1)CCSC2)c1cccc(Br)c1F. The Morgan fingerprint density at radius 3 is 3.00 bits per heavy atom. The number of fused-ring (bicyclic) bond motifs is 1. The minimum Gasteiger partial charge on any atom is -0.288 e. The van der Waals surface area contributed by atoms with Gasteiger partial charge in [0, 0.05) is 10.6 Å². The minimum absolute atomic E-state index is 0.139. The molecule has 0 aliphatic carbocycles. The van der Waals surface area contributed by atoms with E-state index >= 15 is 0 Å². The van der Waals surface area contributed by atoms with E-state index in [0.717, 1.165) is 17.9 Å². The van der Waals surface area contributed by atoms with E-state index in [1.54, 1.807) is 12.1 Å². The predicted molar refractivity (Wildman–Crippen MR) is 81.7 cm³/mol. The van der Waals surface area contributed by atoms with Gasteiger partial charge >= 0.3 is 0 Å². The van der Waals surface area contributed by atoms with Crippen LogP contribution in [0.15, 0.2) is 28.7 Å². The molecule has 1 aliphatic heterocycles. The Bertz CT molecular complexity index is 627. The highest BCUT2D eigenvalue weighted by atomic mass is 79.9. The number of thiophene rings is 1. The molecule has 0 saturated carbocycles. The fourth-order valence-electron chi connectivity index (χ4n) is 2.07. The Morgan fingerprint density at radius 2 is 2.21 bits per heavy atom. The highest BCUT2D eigenvalue weighted by Gasteiger charge is 2.21. The highest BCUT2D eigenvalue weighted by molar-refractivity contribution is 9.10. The van der Waals surface area contributed by atoms with Crippen LogP contribution >= 0.6 is 39.0 Å². The monoisotopic (exact) mass is 356 g/mol. The lowest BCUT2D eigenvalue weighted by atomic mass is 10.1. The normalized spacial score (nSPS) is 14.2. The van der Waals surface area contributed by atoms with Crippen LogP contribution in [0.2, 0.25) is 0 Å². The van der Waals surface area contributed by atoms with Gasteiger partial charge in [0.05, 0.1) is 14.9 Å². The van der Waals surface area contributed by atoms with Crippen LogP contribution in [-0.2, 0) is 12.2 Å². The Labute approximate surface area is 127 Å². The quantitative estimate of drug-likeness (QED) is 0.727. The van der Waals surface area contributed by atoms with Gasteiger partial charge in [-0.05, 0) is 51.9 Å². The average Bonchev–Trinajstić information content (AvgIpc) is 2.85. The molecule has 0 N–H and O–H groups in total. The van der Waals surface area contributed by atoms with Crippen molar-refractivity contribution in [2.45, 2.75) is 12.2 Å². The number of aryl methyl sites for hydroxylation is 1. The molecule has 1 aromatic carbocycles. The summed E-state index contributed by atoms with van der Waals surface area (Å²) in [5.41, 5.74) is 1.38. The number of hydrogen-bond acceptors (Lipinski definition) is 3. The molecule has 19 heavy (non-hydrogen) atoms. The maximum absolute atomic E-state index is 14.0. The first-order valence-electron chi connectivity index (χ1n) is 5.85. The Balaban J connectivity index is 2.00. The summed E-state index contributed by atoms with van der Waals surface area (Å²) in [6.45, 7) is 0. The number of ketones is 1. The molecule has 0 amide bonds. The average molecular weight is 357 g/mol. The molecule has 0 bridgehead atoms. The topological polar surface area (TPSA) is 17.1 Å². The molecule has 5 heteroatoms. The number of carbonyl (C=O) groups is 1. The van der Waals surface area contributed by atoms with Crippen molar-refractivity contribution < 1.29 is 9.18 Å². The molecule has 1 nitrogen and oxygen atoms in total. The third-order valence-corrected chi connectivity index (χ3v) is 5.90. The number of rotatable bonds is 2. The zero-order chi connectivity index (χ0) is 13.4. The molecule has 98 valence electrons. The molecular weight excluding hydrogens is 347 g/mol. The molecule has 0 atom stereocenters. The van der Waals surface area contributed by atoms with Crippen LogP contribution in [0, 0.1) is 5.82 Å². The summed E-state index contributed by atoms with van der Waals surface area (Å²) in [6, 6.07) is 6.75. The summed E-state index contributed by atoms with van der Waals surface area (Å²) in [4.78, 5) is 14.3. The van der Waals surface area contributed by atoms with E-state index in [0.29, 0.717) is 9.35 Å². The predicted octanol–water partition coefficient (Wildman–Crippen LogP) is 4.67. The number of hydrogen-bond donors (Lipinski definition) is 0. The lowest BCUT2D eigenvalue weighted by Gasteiger charge is -2.08. The summed E-state index contributed by atoms with van der Waals surface area (Å²) in [5.74, 6) is 1.36. The molecule has 2 aromatic rings. The van der Waals surface area contributed by atoms with Gasteiger partial charge in [-0.3, -0.25) is 4.79 Å². The van der Waals surface area contributed by atoms with E-state index in [1.165, 1.54) is 27.8 Å². The second kappa shape index (κ2) is 5.38. The summed E-state index contributed by atoms with van der Waals surface area (Å²) >= 11 is 6.50. The van der Waals surface area contributed by atoms with Crippen molar-refractivity contribution in [2.24, 2.45) is 0 Å². The van der Waals surface area contributed by atoms with Gasteiger partial charge in [0.2, 0.25) is 5.78 Å². The van der Waals surface area contributed by atoms with Gasteiger partial charge in [-0.2, -0.15) is 11.8 Å². The first-order valence-corrected chi connectivity index (χ1v) is 8.61. The standard InChI is InChI=1S/C14H10BrFOS2/c15-10-3-1-2-9(13(10)16)14(17)12-6-8-7-18-5-4-11(8)19-12/h1-3,6H,4-5,7H2. The second-order valence-electron chi connectivity index (χ2n) is 4.29. The van der Waals surface area contributed by atoms with E-state index in [-0.39, 0.29) is 11.3 Å². The first-order chi connectivity index (χ1) is 9.16. The van der Waals surface area contributed by atoms with Crippen LogP contribution in [0.1, 0.15) is 25.7 Å². The number of benzene rings is 1. The summed E-state index contributed by atoms with van der Waals surface area (Å²) in [7, 11) is 0. The van der Waals surface area contributed by atoms with E-state index < -0.39 is 5.82 Å². The lowest BCUT2D eigenvalue weighted by molar-refractivity contribution is 0.103. The summed E-state index contributed by atoms with van der Waals surface area (Å²) in [6.07, 6.45) is 1.01. The van der Waals surface area contributed by atoms with E-state index in [2.05, 4.69) is 15.9 Å². The second-order valence-corrected chi connectivity index (χ2v) is 7.39. The van der Waals surface area contributed by atoms with Gasteiger partial charge in [0.15, 0.2) is 0 Å². The third kappa shape index (κ3) is 2.51. The van der Waals surface area contributed by atoms with Crippen molar-refractivity contribution in [1.29, 1.82) is 0 Å². The molecule has 0 saturated heterocycles. The van der Waals surface area contributed by atoms with Crippen molar-refractivity contribution in [3.8, 4) is 0 Å². The Kier molecular flexibility index (Phi) is 3.78. The molecule has 1 aliphatic rings. The van der Waals surface area contributed by atoms with Gasteiger partial charge in [0.1, 0.15) is 5.82 Å². The fourth-order valence-corrected chi connectivity index (χ4v) is 4.76. The summed E-state index contributed by atoms with van der Waals surface area (Å²) < 4.78 is 14.3. The third-order valence-electron chi connectivity index (χ3n) is 3.05. The molecule has 0 unspecified atom stereocenters. The maximum Gasteiger partial charge on any atom is 0.205 e. The van der Waals surface area contributed by atoms with Crippen LogP contribution in [0.3, 0.4) is 0 Å². The maximum atomic E-state index is 14.0. The zero-order valence-corrected chi connectivity index (χ0v) is 13.1. The number of carbonyl (C=O) groups excluding carboxylic acids is 1. The molecular formula is C14H10BrFOS2. The van der Waals surface area contributed by atoms with Gasteiger partial charge in [-0.1, -0.05) is 6.07 Å². The number of halogens is 2. The van der Waals surface area contributed by atoms with Gasteiger partial charge < -0.3 is 0 Å². The molecule has 0 fully saturated rings. The van der Waals surface area contributed by atoms with Gasteiger partial charge in [0.25, 0.3) is 0 Å². The first kappa shape index (κ1) is 13.3. The highest BCUT2D eigenvalue weighted by Crippen LogP contribution is 2.33. The van der Waals surface area contributed by atoms with Crippen molar-refractivity contribution in [3.63, 3.8) is 0 Å². The van der Waals surface area contributed by atoms with Crippen LogP contribution in [0.5, 0.6) is 0 Å². The van der Waals surface area contributed by atoms with Gasteiger partial charge in [-0.25, -0.2) is 4.39 Å². The summed E-state index contributed by atoms with van der Waals surface area (Å²) in [5, 5.41) is 0. The minimum atomic E-state index is -0.478. The molecule has 1 aromatic heterocycles. The van der Waals surface area contributed by atoms with Crippen molar-refractivity contribution >= 4 is 44.8 Å². The van der Waals surface area contributed by atoms with Gasteiger partial charge in [-0.15, -0.1) is 11.3 Å². The van der Waals surface area contributed by atoms with Crippen molar-refractivity contribution in [2.75, 3.05) is 5.75 Å². The van der Waals surface area contributed by atoms with E-state index in [9.17, 15) is 9.18 Å². The molecule has 2 heterocycles. The fraction of sp³-hybridized carbons (Fsp3) is 0.214. The van der Waals surface area contributed by atoms with Crippen molar-refractivity contribution in [1.82, 2.24) is 0 Å². The van der Waals surface area contributed by atoms with E-state index in [4.69, 9.17) is 0 Å². The molecule has 0 radical (unpaired) electrons. The largest absolute Gasteiger partial charge is 0.288 e. The number of thioether (sulfide) groups is 1. The van der Waals surface area contributed by atoms with Crippen molar-refractivity contribution in [3.05, 3.63) is 55.4 Å². The van der Waals surface area contributed by atoms with Crippen LogP contribution in [-0.4, -0.2) is 11.5 Å². The Hall–Kier alpha value is -0.650. The molecule has 3 rings (SSSR count). The smallest absolute Gasteiger partial charge is 0.205 e. The Morgan fingerprint density at radius 1 is 1.37 bits per heavy atom. The van der Waals surface area contributed by atoms with Crippen LogP contribution in [0.25, 0.3) is 0 Å². The van der Waals surface area contributed by atoms with Crippen LogP contribution in [0.4, 0.5) is 4.39 Å². The lowest BCUT2D eigenvalue weighted by Crippen LogP contribution is -2.02.